The maximum Gasteiger partial charge on any atom is 0.334 e. The molecule has 0 atom stereocenters. The Morgan fingerprint density at radius 1 is 0.960 bits per heavy atom. The Morgan fingerprint density at radius 2 is 1.56 bits per heavy atom. The van der Waals surface area contributed by atoms with Gasteiger partial charge in [0.1, 0.15) is 0 Å². The van der Waals surface area contributed by atoms with Crippen LogP contribution >= 0.6 is 0 Å². The Balaban J connectivity index is 2.62. The Kier molecular flexibility index (Phi) is 6.81. The van der Waals surface area contributed by atoms with E-state index in [1.165, 1.54) is 7.11 Å². The molecule has 25 heavy (non-hydrogen) atoms. The first-order valence-electron chi connectivity index (χ1n) is 8.73. The summed E-state index contributed by atoms with van der Waals surface area (Å²) in [6.45, 7) is 2.13. The molecule has 0 N–H and O–H groups in total. The number of benzene rings is 2. The first-order valence-corrected chi connectivity index (χ1v) is 8.73. The fourth-order valence-corrected chi connectivity index (χ4v) is 2.85. The molecule has 0 bridgehead atoms. The van der Waals surface area contributed by atoms with Crippen LogP contribution in [0, 0.1) is 0 Å². The molecule has 0 aliphatic rings. The molecule has 0 saturated heterocycles. The maximum absolute atomic E-state index is 12.5. The molecule has 0 amide bonds. The van der Waals surface area contributed by atoms with Crippen LogP contribution in [0.5, 0.6) is 0 Å². The minimum atomic E-state index is -0.246. The van der Waals surface area contributed by atoms with Crippen molar-refractivity contribution in [3.8, 4) is 0 Å². The lowest BCUT2D eigenvalue weighted by Crippen LogP contribution is -2.10. The number of ether oxygens (including phenoxy) is 1. The van der Waals surface area contributed by atoms with Gasteiger partial charge in [-0.3, -0.25) is 0 Å². The molecule has 2 rings (SSSR count). The van der Waals surface area contributed by atoms with Gasteiger partial charge >= 0.3 is 5.97 Å². The zero-order valence-corrected chi connectivity index (χ0v) is 15.6. The van der Waals surface area contributed by atoms with Crippen molar-refractivity contribution < 1.29 is 9.53 Å². The summed E-state index contributed by atoms with van der Waals surface area (Å²) in [6, 6.07) is 18.4. The van der Waals surface area contributed by atoms with Gasteiger partial charge in [0.25, 0.3) is 0 Å². The lowest BCUT2D eigenvalue weighted by atomic mass is 9.90. The van der Waals surface area contributed by atoms with E-state index < -0.39 is 0 Å². The van der Waals surface area contributed by atoms with Gasteiger partial charge in [-0.15, -0.1) is 0 Å². The first-order chi connectivity index (χ1) is 12.1. The first kappa shape index (κ1) is 18.8. The number of anilines is 1. The molecule has 0 heterocycles. The molecule has 132 valence electrons. The summed E-state index contributed by atoms with van der Waals surface area (Å²) in [5.74, 6) is -0.246. The van der Waals surface area contributed by atoms with Gasteiger partial charge < -0.3 is 9.64 Å². The monoisotopic (exact) mass is 337 g/mol. The smallest absolute Gasteiger partial charge is 0.334 e. The van der Waals surface area contributed by atoms with Gasteiger partial charge in [0, 0.05) is 25.4 Å². The van der Waals surface area contributed by atoms with Crippen molar-refractivity contribution in [2.24, 2.45) is 0 Å². The molecule has 0 radical (unpaired) electrons. The van der Waals surface area contributed by atoms with E-state index in [1.807, 2.05) is 44.4 Å². The van der Waals surface area contributed by atoms with Gasteiger partial charge in [-0.2, -0.15) is 0 Å². The molecule has 2 aromatic rings. The molecule has 0 aliphatic heterocycles. The third kappa shape index (κ3) is 4.72. The van der Waals surface area contributed by atoms with Crippen molar-refractivity contribution in [2.45, 2.75) is 26.2 Å². The van der Waals surface area contributed by atoms with Crippen molar-refractivity contribution in [3.05, 3.63) is 71.3 Å². The average molecular weight is 337 g/mol. The third-order valence-electron chi connectivity index (χ3n) is 4.25. The number of nitrogens with zero attached hydrogens (tertiary/aromatic N) is 1. The predicted molar refractivity (Wildman–Crippen MR) is 105 cm³/mol. The number of hydrogen-bond acceptors (Lipinski definition) is 3. The van der Waals surface area contributed by atoms with Gasteiger partial charge in [0.05, 0.1) is 7.11 Å². The molecule has 0 unspecified atom stereocenters. The summed E-state index contributed by atoms with van der Waals surface area (Å²) < 4.78 is 5.09. The number of unbranched alkanes of at least 4 members (excludes halogenated alkanes) is 1. The van der Waals surface area contributed by atoms with Crippen molar-refractivity contribution >= 4 is 17.2 Å². The predicted octanol–water partition coefficient (Wildman–Crippen LogP) is 4.92. The molecule has 0 saturated carbocycles. The van der Waals surface area contributed by atoms with E-state index >= 15 is 0 Å². The summed E-state index contributed by atoms with van der Waals surface area (Å²) in [5.41, 5.74) is 4.91. The zero-order chi connectivity index (χ0) is 18.2. The molecule has 3 nitrogen and oxygen atoms in total. The van der Waals surface area contributed by atoms with Crippen molar-refractivity contribution in [1.29, 1.82) is 0 Å². The van der Waals surface area contributed by atoms with Crippen LogP contribution in [0.4, 0.5) is 5.69 Å². The van der Waals surface area contributed by atoms with Crippen molar-refractivity contribution in [1.82, 2.24) is 0 Å². The number of carbonyl (C=O) groups excluding carboxylic acids is 1. The lowest BCUT2D eigenvalue weighted by Gasteiger charge is -2.17. The Hall–Kier alpha value is -2.55. The molecule has 2 aromatic carbocycles. The van der Waals surface area contributed by atoms with Crippen LogP contribution in [-0.2, 0) is 9.53 Å². The highest BCUT2D eigenvalue weighted by Gasteiger charge is 2.18. The van der Waals surface area contributed by atoms with E-state index in [4.69, 9.17) is 4.74 Å². The zero-order valence-electron chi connectivity index (χ0n) is 15.6. The van der Waals surface area contributed by atoms with E-state index in [9.17, 15) is 4.79 Å². The number of hydrogen-bond donors (Lipinski definition) is 0. The number of rotatable bonds is 7. The van der Waals surface area contributed by atoms with Crippen LogP contribution < -0.4 is 4.90 Å². The molecule has 0 spiro atoms. The van der Waals surface area contributed by atoms with Crippen LogP contribution in [0.2, 0.25) is 0 Å². The second-order valence-electron chi connectivity index (χ2n) is 6.26. The quantitative estimate of drug-likeness (QED) is 0.531. The van der Waals surface area contributed by atoms with E-state index in [1.54, 1.807) is 0 Å². The minimum Gasteiger partial charge on any atom is -0.466 e. The van der Waals surface area contributed by atoms with Crippen LogP contribution in [0.15, 0.2) is 60.2 Å². The normalized spacial score (nSPS) is 11.7. The lowest BCUT2D eigenvalue weighted by molar-refractivity contribution is -0.136. The highest BCUT2D eigenvalue weighted by atomic mass is 16.5. The van der Waals surface area contributed by atoms with Crippen molar-refractivity contribution in [3.63, 3.8) is 0 Å². The van der Waals surface area contributed by atoms with Crippen LogP contribution in [0.25, 0.3) is 5.57 Å². The van der Waals surface area contributed by atoms with Gasteiger partial charge in [-0.25, -0.2) is 4.79 Å². The Bertz CT molecular complexity index is 715. The van der Waals surface area contributed by atoms with Crippen LogP contribution in [-0.4, -0.2) is 27.2 Å². The summed E-state index contributed by atoms with van der Waals surface area (Å²) in [6.07, 6.45) is 2.70. The Labute approximate surface area is 150 Å². The fourth-order valence-electron chi connectivity index (χ4n) is 2.85. The average Bonchev–Trinajstić information content (AvgIpc) is 2.65. The maximum atomic E-state index is 12.5. The summed E-state index contributed by atoms with van der Waals surface area (Å²) in [7, 11) is 5.49. The van der Waals surface area contributed by atoms with E-state index in [0.717, 1.165) is 40.8 Å². The second-order valence-corrected chi connectivity index (χ2v) is 6.26. The number of esters is 1. The van der Waals surface area contributed by atoms with Gasteiger partial charge in [0.15, 0.2) is 0 Å². The van der Waals surface area contributed by atoms with Crippen molar-refractivity contribution in [2.75, 3.05) is 26.1 Å². The molecule has 3 heteroatoms. The SMILES string of the molecule is CCCC/C(C(=O)OC)=C(\c1ccccc1)c1ccc(N(C)C)cc1. The number of carbonyl (C=O) groups is 1. The third-order valence-corrected chi connectivity index (χ3v) is 4.25. The van der Waals surface area contributed by atoms with E-state index in [-0.39, 0.29) is 5.97 Å². The summed E-state index contributed by atoms with van der Waals surface area (Å²) >= 11 is 0. The largest absolute Gasteiger partial charge is 0.466 e. The van der Waals surface area contributed by atoms with Gasteiger partial charge in [-0.05, 0) is 41.7 Å². The topological polar surface area (TPSA) is 29.5 Å². The highest BCUT2D eigenvalue weighted by molar-refractivity contribution is 6.01. The van der Waals surface area contributed by atoms with Crippen LogP contribution in [0.3, 0.4) is 0 Å². The highest BCUT2D eigenvalue weighted by Crippen LogP contribution is 2.31. The van der Waals surface area contributed by atoms with Gasteiger partial charge in [-0.1, -0.05) is 55.8 Å². The Morgan fingerprint density at radius 3 is 2.08 bits per heavy atom. The standard InChI is InChI=1S/C22H27NO2/c1-5-6-12-20(22(24)25-4)21(17-10-8-7-9-11-17)18-13-15-19(16-14-18)23(2)3/h7-11,13-16H,5-6,12H2,1-4H3/b21-20-. The second kappa shape index (κ2) is 9.07. The van der Waals surface area contributed by atoms with E-state index in [0.29, 0.717) is 6.42 Å². The molecule has 0 fully saturated rings. The van der Waals surface area contributed by atoms with Crippen LogP contribution in [0.1, 0.15) is 37.3 Å². The fraction of sp³-hybridized carbons (Fsp3) is 0.318. The van der Waals surface area contributed by atoms with Gasteiger partial charge in [0.2, 0.25) is 0 Å². The molecule has 0 aliphatic carbocycles. The number of methoxy groups -OCH3 is 1. The minimum absolute atomic E-state index is 0.246. The summed E-state index contributed by atoms with van der Waals surface area (Å²) in [5, 5.41) is 0. The summed E-state index contributed by atoms with van der Waals surface area (Å²) in [4.78, 5) is 14.6. The molecular formula is C22H27NO2. The molecule has 0 aromatic heterocycles. The molecular weight excluding hydrogens is 310 g/mol. The van der Waals surface area contributed by atoms with E-state index in [2.05, 4.69) is 36.1 Å².